The van der Waals surface area contributed by atoms with Crippen molar-refractivity contribution >= 4 is 28.2 Å². The molecule has 1 aromatic carbocycles. The maximum absolute atomic E-state index is 6.10. The van der Waals surface area contributed by atoms with Crippen LogP contribution < -0.4 is 4.90 Å². The molecule has 1 aliphatic rings. The first-order chi connectivity index (χ1) is 8.90. The van der Waals surface area contributed by atoms with Crippen molar-refractivity contribution in [1.82, 2.24) is 10.2 Å². The molecule has 1 atom stereocenters. The normalized spacial score (nSPS) is 20.3. The average Bonchev–Trinajstić information content (AvgIpc) is 2.46. The standard InChI is InChI=1S/C14H16ClN3/c15-9-11-5-3-4-8-18(11)14-10-16-17-13-7-2-1-6-12(13)14/h1-2,6-7,10-11H,3-5,8-9H2. The Labute approximate surface area is 112 Å². The lowest BCUT2D eigenvalue weighted by atomic mass is 10.0. The van der Waals surface area contributed by atoms with Crippen LogP contribution >= 0.6 is 11.6 Å². The SMILES string of the molecule is ClCC1CCCCN1c1cnnc2ccccc12. The molecule has 18 heavy (non-hydrogen) atoms. The van der Waals surface area contributed by atoms with Gasteiger partial charge in [0.25, 0.3) is 0 Å². The molecule has 4 heteroatoms. The van der Waals surface area contributed by atoms with E-state index in [0.717, 1.165) is 12.1 Å². The van der Waals surface area contributed by atoms with Crippen molar-refractivity contribution in [2.45, 2.75) is 25.3 Å². The summed E-state index contributed by atoms with van der Waals surface area (Å²) in [6, 6.07) is 8.58. The molecule has 0 saturated carbocycles. The fraction of sp³-hybridized carbons (Fsp3) is 0.429. The molecule has 94 valence electrons. The van der Waals surface area contributed by atoms with E-state index < -0.39 is 0 Å². The summed E-state index contributed by atoms with van der Waals surface area (Å²) in [5.41, 5.74) is 2.12. The second-order valence-electron chi connectivity index (χ2n) is 4.74. The molecule has 1 aliphatic heterocycles. The first-order valence-electron chi connectivity index (χ1n) is 6.43. The first kappa shape index (κ1) is 11.7. The van der Waals surface area contributed by atoms with Gasteiger partial charge in [-0.15, -0.1) is 11.6 Å². The highest BCUT2D eigenvalue weighted by atomic mass is 35.5. The van der Waals surface area contributed by atoms with Crippen LogP contribution in [0.5, 0.6) is 0 Å². The number of fused-ring (bicyclic) bond motifs is 1. The monoisotopic (exact) mass is 261 g/mol. The van der Waals surface area contributed by atoms with Gasteiger partial charge in [0.05, 0.1) is 17.4 Å². The van der Waals surface area contributed by atoms with Crippen molar-refractivity contribution in [2.75, 3.05) is 17.3 Å². The number of hydrogen-bond acceptors (Lipinski definition) is 3. The summed E-state index contributed by atoms with van der Waals surface area (Å²) >= 11 is 6.10. The third kappa shape index (κ3) is 2.03. The zero-order valence-electron chi connectivity index (χ0n) is 10.2. The molecule has 1 aromatic heterocycles. The van der Waals surface area contributed by atoms with E-state index in [1.54, 1.807) is 0 Å². The predicted octanol–water partition coefficient (Wildman–Crippen LogP) is 3.23. The fourth-order valence-electron chi connectivity index (χ4n) is 2.70. The van der Waals surface area contributed by atoms with Crippen LogP contribution in [-0.4, -0.2) is 28.7 Å². The number of alkyl halides is 1. The quantitative estimate of drug-likeness (QED) is 0.778. The molecule has 1 unspecified atom stereocenters. The van der Waals surface area contributed by atoms with E-state index in [1.165, 1.54) is 30.3 Å². The van der Waals surface area contributed by atoms with Gasteiger partial charge in [0.2, 0.25) is 0 Å². The molecule has 0 N–H and O–H groups in total. The van der Waals surface area contributed by atoms with Crippen LogP contribution in [0.2, 0.25) is 0 Å². The van der Waals surface area contributed by atoms with Crippen molar-refractivity contribution in [2.24, 2.45) is 0 Å². The van der Waals surface area contributed by atoms with Crippen molar-refractivity contribution in [1.29, 1.82) is 0 Å². The van der Waals surface area contributed by atoms with E-state index in [-0.39, 0.29) is 0 Å². The molecule has 2 aromatic rings. The topological polar surface area (TPSA) is 29.0 Å². The van der Waals surface area contributed by atoms with Crippen LogP contribution in [0.3, 0.4) is 0 Å². The van der Waals surface area contributed by atoms with Crippen LogP contribution in [0.25, 0.3) is 10.9 Å². The minimum Gasteiger partial charge on any atom is -0.366 e. The molecule has 0 bridgehead atoms. The van der Waals surface area contributed by atoms with Gasteiger partial charge in [0.1, 0.15) is 0 Å². The number of nitrogens with zero attached hydrogens (tertiary/aromatic N) is 3. The highest BCUT2D eigenvalue weighted by Crippen LogP contribution is 2.30. The van der Waals surface area contributed by atoms with E-state index >= 15 is 0 Å². The van der Waals surface area contributed by atoms with Gasteiger partial charge in [-0.1, -0.05) is 18.2 Å². The molecular formula is C14H16ClN3. The Hall–Kier alpha value is -1.35. The molecule has 1 fully saturated rings. The lowest BCUT2D eigenvalue weighted by Crippen LogP contribution is -2.41. The van der Waals surface area contributed by atoms with Crippen LogP contribution in [0.15, 0.2) is 30.5 Å². The summed E-state index contributed by atoms with van der Waals surface area (Å²) in [4.78, 5) is 2.40. The minimum atomic E-state index is 0.424. The number of aromatic nitrogens is 2. The van der Waals surface area contributed by atoms with E-state index in [4.69, 9.17) is 11.6 Å². The molecule has 2 heterocycles. The molecule has 0 spiro atoms. The molecule has 3 rings (SSSR count). The number of halogens is 1. The van der Waals surface area contributed by atoms with E-state index in [9.17, 15) is 0 Å². The number of piperidine rings is 1. The average molecular weight is 262 g/mol. The zero-order valence-corrected chi connectivity index (χ0v) is 11.0. The summed E-state index contributed by atoms with van der Waals surface area (Å²) in [6.07, 6.45) is 5.53. The van der Waals surface area contributed by atoms with Gasteiger partial charge in [-0.3, -0.25) is 0 Å². The second kappa shape index (κ2) is 5.11. The van der Waals surface area contributed by atoms with Gasteiger partial charge in [-0.25, -0.2) is 0 Å². The number of rotatable bonds is 2. The number of hydrogen-bond donors (Lipinski definition) is 0. The minimum absolute atomic E-state index is 0.424. The lowest BCUT2D eigenvalue weighted by Gasteiger charge is -2.36. The van der Waals surface area contributed by atoms with Crippen LogP contribution in [0.4, 0.5) is 5.69 Å². The molecule has 0 aliphatic carbocycles. The summed E-state index contributed by atoms with van der Waals surface area (Å²) in [6.45, 7) is 1.06. The second-order valence-corrected chi connectivity index (χ2v) is 5.05. The van der Waals surface area contributed by atoms with Crippen molar-refractivity contribution < 1.29 is 0 Å². The molecule has 1 saturated heterocycles. The van der Waals surface area contributed by atoms with Crippen LogP contribution in [-0.2, 0) is 0 Å². The Morgan fingerprint density at radius 2 is 2.17 bits per heavy atom. The smallest absolute Gasteiger partial charge is 0.0950 e. The van der Waals surface area contributed by atoms with Gasteiger partial charge >= 0.3 is 0 Å². The third-order valence-corrected chi connectivity index (χ3v) is 4.00. The Bertz CT molecular complexity index is 538. The highest BCUT2D eigenvalue weighted by molar-refractivity contribution is 6.18. The van der Waals surface area contributed by atoms with Crippen molar-refractivity contribution in [3.05, 3.63) is 30.5 Å². The molecule has 3 nitrogen and oxygen atoms in total. The Morgan fingerprint density at radius 3 is 3.06 bits per heavy atom. The number of anilines is 1. The van der Waals surface area contributed by atoms with Crippen LogP contribution in [0, 0.1) is 0 Å². The number of benzene rings is 1. The Morgan fingerprint density at radius 1 is 1.28 bits per heavy atom. The van der Waals surface area contributed by atoms with Gasteiger partial charge in [-0.2, -0.15) is 10.2 Å². The van der Waals surface area contributed by atoms with Gasteiger partial charge < -0.3 is 4.90 Å². The maximum Gasteiger partial charge on any atom is 0.0950 e. The van der Waals surface area contributed by atoms with E-state index in [1.807, 2.05) is 24.4 Å². The van der Waals surface area contributed by atoms with Gasteiger partial charge in [0, 0.05) is 23.9 Å². The largest absolute Gasteiger partial charge is 0.366 e. The molecule has 0 radical (unpaired) electrons. The van der Waals surface area contributed by atoms with E-state index in [2.05, 4.69) is 21.2 Å². The zero-order chi connectivity index (χ0) is 12.4. The summed E-state index contributed by atoms with van der Waals surface area (Å²) in [5.74, 6) is 0.677. The highest BCUT2D eigenvalue weighted by Gasteiger charge is 2.23. The van der Waals surface area contributed by atoms with Gasteiger partial charge in [-0.05, 0) is 25.3 Å². The lowest BCUT2D eigenvalue weighted by molar-refractivity contribution is 0.488. The summed E-state index contributed by atoms with van der Waals surface area (Å²) in [5, 5.41) is 9.47. The third-order valence-electron chi connectivity index (χ3n) is 3.64. The molecular weight excluding hydrogens is 246 g/mol. The predicted molar refractivity (Wildman–Crippen MR) is 75.2 cm³/mol. The summed E-state index contributed by atoms with van der Waals surface area (Å²) in [7, 11) is 0. The Balaban J connectivity index is 2.07. The van der Waals surface area contributed by atoms with Crippen molar-refractivity contribution in [3.8, 4) is 0 Å². The Kier molecular flexibility index (Phi) is 3.33. The van der Waals surface area contributed by atoms with E-state index in [0.29, 0.717) is 11.9 Å². The van der Waals surface area contributed by atoms with Crippen molar-refractivity contribution in [3.63, 3.8) is 0 Å². The van der Waals surface area contributed by atoms with Crippen LogP contribution in [0.1, 0.15) is 19.3 Å². The molecule has 0 amide bonds. The van der Waals surface area contributed by atoms with Gasteiger partial charge in [0.15, 0.2) is 0 Å². The maximum atomic E-state index is 6.10. The summed E-state index contributed by atoms with van der Waals surface area (Å²) < 4.78 is 0. The first-order valence-corrected chi connectivity index (χ1v) is 6.96. The fourth-order valence-corrected chi connectivity index (χ4v) is 3.02.